The van der Waals surface area contributed by atoms with Gasteiger partial charge in [0.05, 0.1) is 10.7 Å². The Bertz CT molecular complexity index is 784. The Balaban J connectivity index is 1.87. The number of nitrogens with zero attached hydrogens (tertiary/aromatic N) is 3. The number of anilines is 1. The summed E-state index contributed by atoms with van der Waals surface area (Å²) in [5, 5.41) is 6.20. The quantitative estimate of drug-likeness (QED) is 0.621. The molecule has 1 saturated heterocycles. The molecule has 3 rings (SSSR count). The van der Waals surface area contributed by atoms with Crippen molar-refractivity contribution in [1.29, 1.82) is 0 Å². The van der Waals surface area contributed by atoms with Gasteiger partial charge in [-0.05, 0) is 38.7 Å². The van der Waals surface area contributed by atoms with Gasteiger partial charge >= 0.3 is 0 Å². The lowest BCUT2D eigenvalue weighted by molar-refractivity contribution is -0.117. The molecule has 1 saturated carbocycles. The summed E-state index contributed by atoms with van der Waals surface area (Å²) in [6, 6.07) is 1.71. The van der Waals surface area contributed by atoms with Crippen molar-refractivity contribution in [3.63, 3.8) is 0 Å². The first-order valence-corrected chi connectivity index (χ1v) is 9.02. The highest BCUT2D eigenvalue weighted by molar-refractivity contribution is 6.33. The molecule has 0 radical (unpaired) electrons. The summed E-state index contributed by atoms with van der Waals surface area (Å²) in [4.78, 5) is 33.9. The normalized spacial score (nSPS) is 21.6. The third kappa shape index (κ3) is 3.58. The first kappa shape index (κ1) is 18.4. The Morgan fingerprint density at radius 2 is 2.08 bits per heavy atom. The molecule has 1 aromatic rings. The van der Waals surface area contributed by atoms with Crippen LogP contribution in [0.2, 0.25) is 0 Å². The van der Waals surface area contributed by atoms with Gasteiger partial charge < -0.3 is 15.5 Å². The average molecular weight is 376 g/mol. The van der Waals surface area contributed by atoms with Crippen LogP contribution >= 0.6 is 11.6 Å². The van der Waals surface area contributed by atoms with Gasteiger partial charge in [-0.25, -0.2) is 9.97 Å². The van der Waals surface area contributed by atoms with E-state index in [-0.39, 0.29) is 22.3 Å². The van der Waals surface area contributed by atoms with Crippen LogP contribution < -0.4 is 10.6 Å². The van der Waals surface area contributed by atoms with Crippen LogP contribution in [0, 0.1) is 6.92 Å². The smallest absolute Gasteiger partial charge is 0.270 e. The topological polar surface area (TPSA) is 87.2 Å². The molecule has 0 atom stereocenters. The number of nitrogens with one attached hydrogen (secondary N) is 2. The molecule has 7 nitrogen and oxygen atoms in total. The summed E-state index contributed by atoms with van der Waals surface area (Å²) < 4.78 is 0. The van der Waals surface area contributed by atoms with Crippen molar-refractivity contribution in [3.8, 4) is 0 Å². The average Bonchev–Trinajstić information content (AvgIpc) is 2.84. The molecule has 138 valence electrons. The highest BCUT2D eigenvalue weighted by Gasteiger charge is 2.46. The van der Waals surface area contributed by atoms with Crippen LogP contribution in [0.15, 0.2) is 34.9 Å². The number of carbonyl (C=O) groups excluding carboxylic acids is 2. The van der Waals surface area contributed by atoms with Crippen LogP contribution in [0.4, 0.5) is 5.82 Å². The molecule has 2 fully saturated rings. The van der Waals surface area contributed by atoms with Gasteiger partial charge in [0.25, 0.3) is 5.91 Å². The Labute approximate surface area is 157 Å². The van der Waals surface area contributed by atoms with E-state index in [9.17, 15) is 9.59 Å². The van der Waals surface area contributed by atoms with Gasteiger partial charge in [0.15, 0.2) is 6.29 Å². The predicted molar refractivity (Wildman–Crippen MR) is 99.1 cm³/mol. The second-order valence-electron chi connectivity index (χ2n) is 6.69. The van der Waals surface area contributed by atoms with E-state index in [1.807, 2.05) is 18.9 Å². The number of aryl methyl sites for hydroxylation is 1. The van der Waals surface area contributed by atoms with Crippen molar-refractivity contribution in [2.45, 2.75) is 44.7 Å². The first-order chi connectivity index (χ1) is 12.4. The lowest BCUT2D eigenvalue weighted by Crippen LogP contribution is -2.51. The minimum atomic E-state index is -0.364. The summed E-state index contributed by atoms with van der Waals surface area (Å²) in [6.45, 7) is 1.83. The van der Waals surface area contributed by atoms with E-state index < -0.39 is 0 Å². The molecule has 0 bridgehead atoms. The molecule has 8 heteroatoms. The van der Waals surface area contributed by atoms with Crippen molar-refractivity contribution in [2.24, 2.45) is 0 Å². The fourth-order valence-corrected chi connectivity index (χ4v) is 3.89. The third-order valence-corrected chi connectivity index (χ3v) is 5.22. The van der Waals surface area contributed by atoms with E-state index in [1.165, 1.54) is 18.8 Å². The number of hydrogen-bond acceptors (Lipinski definition) is 6. The maximum Gasteiger partial charge on any atom is 0.270 e. The second kappa shape index (κ2) is 7.45. The maximum atomic E-state index is 12.5. The molecule has 1 aliphatic carbocycles. The number of carbonyl (C=O) groups is 2. The van der Waals surface area contributed by atoms with E-state index in [0.717, 1.165) is 31.4 Å². The Kier molecular flexibility index (Phi) is 5.27. The van der Waals surface area contributed by atoms with Gasteiger partial charge in [0.1, 0.15) is 23.5 Å². The largest absolute Gasteiger partial charge is 0.346 e. The molecule has 1 aromatic heterocycles. The van der Waals surface area contributed by atoms with Crippen molar-refractivity contribution >= 4 is 29.6 Å². The molecule has 1 spiro atoms. The van der Waals surface area contributed by atoms with E-state index in [4.69, 9.17) is 11.6 Å². The number of aromatic nitrogens is 2. The summed E-state index contributed by atoms with van der Waals surface area (Å²) in [5.74, 6) is 0.275. The minimum absolute atomic E-state index is 0.209. The Morgan fingerprint density at radius 1 is 1.35 bits per heavy atom. The van der Waals surface area contributed by atoms with Crippen LogP contribution in [0.1, 0.15) is 37.8 Å². The number of hydrogen-bond donors (Lipinski definition) is 2. The monoisotopic (exact) mass is 375 g/mol. The number of likely N-dealkylation sites (N-methyl/N-ethyl adjacent to an activating group) is 1. The van der Waals surface area contributed by atoms with Crippen molar-refractivity contribution in [3.05, 3.63) is 40.6 Å². The fraction of sp³-hybridized carbons (Fsp3) is 0.444. The first-order valence-electron chi connectivity index (χ1n) is 8.64. The lowest BCUT2D eigenvalue weighted by Gasteiger charge is -2.39. The summed E-state index contributed by atoms with van der Waals surface area (Å²) in [6.07, 6.45) is 8.61. The van der Waals surface area contributed by atoms with E-state index in [0.29, 0.717) is 17.8 Å². The van der Waals surface area contributed by atoms with Gasteiger partial charge in [-0.3, -0.25) is 9.59 Å². The van der Waals surface area contributed by atoms with Crippen molar-refractivity contribution in [2.75, 3.05) is 12.4 Å². The SMILES string of the molecule is Cc1cc(N/C(C=O)=C/C(Cl)=C2/C(=O)NC3(CCCCC3)N2C)ncn1. The lowest BCUT2D eigenvalue weighted by atomic mass is 9.89. The van der Waals surface area contributed by atoms with E-state index in [1.54, 1.807) is 6.07 Å². The molecule has 2 heterocycles. The van der Waals surface area contributed by atoms with Crippen LogP contribution in [-0.2, 0) is 9.59 Å². The molecular weight excluding hydrogens is 354 g/mol. The predicted octanol–water partition coefficient (Wildman–Crippen LogP) is 2.45. The number of allylic oxidation sites excluding steroid dienone is 3. The highest BCUT2D eigenvalue weighted by atomic mass is 35.5. The zero-order valence-corrected chi connectivity index (χ0v) is 15.6. The van der Waals surface area contributed by atoms with Gasteiger partial charge in [0.2, 0.25) is 0 Å². The zero-order valence-electron chi connectivity index (χ0n) is 14.9. The Hall–Kier alpha value is -2.41. The minimum Gasteiger partial charge on any atom is -0.346 e. The molecule has 0 aromatic carbocycles. The van der Waals surface area contributed by atoms with E-state index >= 15 is 0 Å². The molecule has 2 N–H and O–H groups in total. The molecule has 26 heavy (non-hydrogen) atoms. The van der Waals surface area contributed by atoms with Gasteiger partial charge in [-0.2, -0.15) is 0 Å². The standard InChI is InChI=1S/C18H22ClN5O2/c1-12-8-15(21-11-20-12)22-13(10-25)9-14(19)16-17(26)23-18(24(16)2)6-4-3-5-7-18/h8-11H,3-7H2,1-2H3,(H,23,26)(H,20,21,22)/b13-9+,16-14+. The molecule has 1 amide bonds. The third-order valence-electron chi connectivity index (χ3n) is 4.93. The van der Waals surface area contributed by atoms with Gasteiger partial charge in [0, 0.05) is 18.8 Å². The summed E-state index contributed by atoms with van der Waals surface area (Å²) in [7, 11) is 1.87. The van der Waals surface area contributed by atoms with E-state index in [2.05, 4.69) is 20.6 Å². The number of rotatable bonds is 4. The van der Waals surface area contributed by atoms with Gasteiger partial charge in [-0.1, -0.05) is 18.0 Å². The highest BCUT2D eigenvalue weighted by Crippen LogP contribution is 2.38. The second-order valence-corrected chi connectivity index (χ2v) is 7.10. The van der Waals surface area contributed by atoms with Crippen LogP contribution in [0.3, 0.4) is 0 Å². The molecule has 0 unspecified atom stereocenters. The van der Waals surface area contributed by atoms with Crippen molar-refractivity contribution < 1.29 is 9.59 Å². The van der Waals surface area contributed by atoms with Crippen molar-refractivity contribution in [1.82, 2.24) is 20.2 Å². The number of aldehydes is 1. The van der Waals surface area contributed by atoms with Crippen LogP contribution in [0.5, 0.6) is 0 Å². The Morgan fingerprint density at radius 3 is 2.73 bits per heavy atom. The summed E-state index contributed by atoms with van der Waals surface area (Å²) in [5.41, 5.74) is 1.00. The molecular formula is C18H22ClN5O2. The zero-order chi connectivity index (χ0) is 18.7. The van der Waals surface area contributed by atoms with Crippen LogP contribution in [-0.4, -0.2) is 39.8 Å². The molecule has 1 aliphatic heterocycles. The summed E-state index contributed by atoms with van der Waals surface area (Å²) >= 11 is 6.42. The molecule has 2 aliphatic rings. The number of amides is 1. The van der Waals surface area contributed by atoms with Crippen LogP contribution in [0.25, 0.3) is 0 Å². The number of halogens is 1. The maximum absolute atomic E-state index is 12.5. The fourth-order valence-electron chi connectivity index (χ4n) is 3.56. The van der Waals surface area contributed by atoms with Gasteiger partial charge in [-0.15, -0.1) is 0 Å².